The fourth-order valence-electron chi connectivity index (χ4n) is 4.29. The van der Waals surface area contributed by atoms with Crippen LogP contribution in [-0.4, -0.2) is 22.8 Å². The number of carbonyl (C=O) groups excluding carboxylic acids is 1. The zero-order valence-electron chi connectivity index (χ0n) is 13.0. The molecule has 2 aliphatic carbocycles. The van der Waals surface area contributed by atoms with Gasteiger partial charge in [0.05, 0.1) is 16.8 Å². The summed E-state index contributed by atoms with van der Waals surface area (Å²) < 4.78 is 1.20. The molecule has 1 aromatic heterocycles. The van der Waals surface area contributed by atoms with E-state index in [9.17, 15) is 4.79 Å². The fraction of sp³-hybridized carbons (Fsp3) is 0.556. The van der Waals surface area contributed by atoms with Gasteiger partial charge in [0.15, 0.2) is 0 Å². The van der Waals surface area contributed by atoms with Crippen LogP contribution in [-0.2, 0) is 11.3 Å². The molecular formula is C18H22N2OS. The van der Waals surface area contributed by atoms with E-state index in [1.807, 2.05) is 30.1 Å². The van der Waals surface area contributed by atoms with Crippen LogP contribution in [0.25, 0.3) is 10.2 Å². The third-order valence-electron chi connectivity index (χ3n) is 5.46. The highest BCUT2D eigenvalue weighted by Gasteiger charge is 2.40. The van der Waals surface area contributed by atoms with Gasteiger partial charge in [-0.05, 0) is 49.1 Å². The van der Waals surface area contributed by atoms with E-state index in [4.69, 9.17) is 0 Å². The summed E-state index contributed by atoms with van der Waals surface area (Å²) in [7, 11) is 1.92. The maximum absolute atomic E-state index is 12.5. The molecule has 2 saturated carbocycles. The number of para-hydroxylation sites is 1. The van der Waals surface area contributed by atoms with Crippen molar-refractivity contribution in [3.05, 3.63) is 29.3 Å². The predicted molar refractivity (Wildman–Crippen MR) is 89.6 cm³/mol. The van der Waals surface area contributed by atoms with Crippen LogP contribution in [0, 0.1) is 17.8 Å². The highest BCUT2D eigenvalue weighted by atomic mass is 32.1. The number of thiazole rings is 1. The van der Waals surface area contributed by atoms with Crippen LogP contribution in [0.5, 0.6) is 0 Å². The van der Waals surface area contributed by atoms with Gasteiger partial charge in [0.1, 0.15) is 5.01 Å². The number of hydrogen-bond donors (Lipinski definition) is 0. The van der Waals surface area contributed by atoms with Gasteiger partial charge in [-0.3, -0.25) is 4.79 Å². The molecule has 0 aliphatic heterocycles. The molecule has 3 nitrogen and oxygen atoms in total. The summed E-state index contributed by atoms with van der Waals surface area (Å²) in [5.74, 6) is 2.67. The van der Waals surface area contributed by atoms with E-state index in [-0.39, 0.29) is 5.91 Å². The van der Waals surface area contributed by atoms with Crippen molar-refractivity contribution in [2.75, 3.05) is 7.05 Å². The molecule has 3 unspecified atom stereocenters. The van der Waals surface area contributed by atoms with Crippen molar-refractivity contribution in [1.82, 2.24) is 9.88 Å². The number of aromatic nitrogens is 1. The Morgan fingerprint density at radius 3 is 2.91 bits per heavy atom. The first-order valence-electron chi connectivity index (χ1n) is 8.27. The monoisotopic (exact) mass is 314 g/mol. The first kappa shape index (κ1) is 14.2. The summed E-state index contributed by atoms with van der Waals surface area (Å²) in [6.07, 6.45) is 6.15. The van der Waals surface area contributed by atoms with Gasteiger partial charge in [-0.1, -0.05) is 18.6 Å². The standard InChI is InChI=1S/C18H22N2OS/c1-20(11-17-19-15-4-2-3-5-16(15)22-17)18(21)10-14-9-12-6-7-13(14)8-12/h2-5,12-14H,6-11H2,1H3. The van der Waals surface area contributed by atoms with Crippen LogP contribution in [0.1, 0.15) is 37.1 Å². The Morgan fingerprint density at radius 1 is 1.32 bits per heavy atom. The predicted octanol–water partition coefficient (Wildman–Crippen LogP) is 4.08. The van der Waals surface area contributed by atoms with Crippen molar-refractivity contribution < 1.29 is 4.79 Å². The Hall–Kier alpha value is -1.42. The molecule has 116 valence electrons. The summed E-state index contributed by atoms with van der Waals surface area (Å²) in [6, 6.07) is 8.17. The van der Waals surface area contributed by atoms with E-state index in [1.54, 1.807) is 11.3 Å². The average Bonchev–Trinajstić information content (AvgIpc) is 3.20. The van der Waals surface area contributed by atoms with Crippen molar-refractivity contribution in [3.8, 4) is 0 Å². The van der Waals surface area contributed by atoms with Crippen LogP contribution >= 0.6 is 11.3 Å². The summed E-state index contributed by atoms with van der Waals surface area (Å²) >= 11 is 1.69. The van der Waals surface area contributed by atoms with Crippen LogP contribution < -0.4 is 0 Å². The summed E-state index contributed by atoms with van der Waals surface area (Å²) in [4.78, 5) is 19.0. The molecule has 0 radical (unpaired) electrons. The van der Waals surface area contributed by atoms with E-state index in [0.29, 0.717) is 12.5 Å². The lowest BCUT2D eigenvalue weighted by molar-refractivity contribution is -0.131. The largest absolute Gasteiger partial charge is 0.339 e. The van der Waals surface area contributed by atoms with Gasteiger partial charge in [-0.2, -0.15) is 0 Å². The van der Waals surface area contributed by atoms with Gasteiger partial charge >= 0.3 is 0 Å². The molecule has 2 bridgehead atoms. The van der Waals surface area contributed by atoms with E-state index in [2.05, 4.69) is 11.1 Å². The third-order valence-corrected chi connectivity index (χ3v) is 6.48. The molecule has 2 aromatic rings. The number of nitrogens with zero attached hydrogens (tertiary/aromatic N) is 2. The van der Waals surface area contributed by atoms with Crippen LogP contribution in [0.3, 0.4) is 0 Å². The first-order valence-corrected chi connectivity index (χ1v) is 9.09. The van der Waals surface area contributed by atoms with E-state index in [1.165, 1.54) is 30.4 Å². The molecule has 2 aliphatic rings. The van der Waals surface area contributed by atoms with Crippen LogP contribution in [0.15, 0.2) is 24.3 Å². The second-order valence-electron chi connectivity index (χ2n) is 6.96. The van der Waals surface area contributed by atoms with E-state index < -0.39 is 0 Å². The van der Waals surface area contributed by atoms with Crippen molar-refractivity contribution >= 4 is 27.5 Å². The molecule has 3 atom stereocenters. The van der Waals surface area contributed by atoms with Gasteiger partial charge in [0.25, 0.3) is 0 Å². The molecule has 4 rings (SSSR count). The minimum atomic E-state index is 0.289. The average molecular weight is 314 g/mol. The number of rotatable bonds is 4. The van der Waals surface area contributed by atoms with Gasteiger partial charge in [-0.25, -0.2) is 4.98 Å². The number of carbonyl (C=O) groups is 1. The minimum Gasteiger partial charge on any atom is -0.339 e. The normalized spacial score (nSPS) is 26.7. The van der Waals surface area contributed by atoms with E-state index >= 15 is 0 Å². The second kappa shape index (κ2) is 5.65. The Kier molecular flexibility index (Phi) is 3.65. The van der Waals surface area contributed by atoms with Gasteiger partial charge in [0.2, 0.25) is 5.91 Å². The van der Waals surface area contributed by atoms with Crippen molar-refractivity contribution in [2.45, 2.75) is 38.6 Å². The summed E-state index contributed by atoms with van der Waals surface area (Å²) in [5, 5.41) is 1.03. The summed E-state index contributed by atoms with van der Waals surface area (Å²) in [6.45, 7) is 0.638. The lowest BCUT2D eigenvalue weighted by atomic mass is 9.86. The maximum atomic E-state index is 12.5. The number of hydrogen-bond acceptors (Lipinski definition) is 3. The minimum absolute atomic E-state index is 0.289. The molecule has 0 saturated heterocycles. The molecule has 1 aromatic carbocycles. The van der Waals surface area contributed by atoms with Crippen molar-refractivity contribution in [3.63, 3.8) is 0 Å². The Morgan fingerprint density at radius 2 is 2.18 bits per heavy atom. The molecule has 1 heterocycles. The molecule has 22 heavy (non-hydrogen) atoms. The smallest absolute Gasteiger partial charge is 0.222 e. The van der Waals surface area contributed by atoms with Crippen molar-refractivity contribution in [1.29, 1.82) is 0 Å². The Labute approximate surface area is 135 Å². The highest BCUT2D eigenvalue weighted by molar-refractivity contribution is 7.18. The fourth-order valence-corrected chi connectivity index (χ4v) is 5.31. The maximum Gasteiger partial charge on any atom is 0.222 e. The zero-order chi connectivity index (χ0) is 15.1. The highest BCUT2D eigenvalue weighted by Crippen LogP contribution is 2.49. The third kappa shape index (κ3) is 2.65. The molecule has 2 fully saturated rings. The molecule has 4 heteroatoms. The zero-order valence-corrected chi connectivity index (χ0v) is 13.8. The number of fused-ring (bicyclic) bond motifs is 3. The second-order valence-corrected chi connectivity index (χ2v) is 8.08. The first-order chi connectivity index (χ1) is 10.7. The van der Waals surface area contributed by atoms with E-state index in [0.717, 1.165) is 28.8 Å². The number of benzene rings is 1. The topological polar surface area (TPSA) is 33.2 Å². The van der Waals surface area contributed by atoms with Crippen LogP contribution in [0.2, 0.25) is 0 Å². The lowest BCUT2D eigenvalue weighted by Crippen LogP contribution is -2.29. The molecule has 1 amide bonds. The number of amides is 1. The summed E-state index contributed by atoms with van der Waals surface area (Å²) in [5.41, 5.74) is 1.04. The Bertz CT molecular complexity index is 662. The van der Waals surface area contributed by atoms with Crippen molar-refractivity contribution in [2.24, 2.45) is 17.8 Å². The Balaban J connectivity index is 1.38. The van der Waals surface area contributed by atoms with Gasteiger partial charge in [-0.15, -0.1) is 11.3 Å². The SMILES string of the molecule is CN(Cc1nc2ccccc2s1)C(=O)CC1CC2CCC1C2. The lowest BCUT2D eigenvalue weighted by Gasteiger charge is -2.24. The quantitative estimate of drug-likeness (QED) is 0.852. The molecule has 0 spiro atoms. The van der Waals surface area contributed by atoms with Gasteiger partial charge < -0.3 is 4.90 Å². The van der Waals surface area contributed by atoms with Crippen LogP contribution in [0.4, 0.5) is 0 Å². The molecular weight excluding hydrogens is 292 g/mol. The molecule has 0 N–H and O–H groups in total. The van der Waals surface area contributed by atoms with Gasteiger partial charge in [0, 0.05) is 13.5 Å².